The molecule has 1 aromatic rings. The van der Waals surface area contributed by atoms with Gasteiger partial charge in [-0.05, 0) is 24.7 Å². The van der Waals surface area contributed by atoms with Crippen molar-refractivity contribution >= 4 is 5.91 Å². The lowest BCUT2D eigenvalue weighted by Crippen LogP contribution is -2.40. The highest BCUT2D eigenvalue weighted by Gasteiger charge is 2.11. The highest BCUT2D eigenvalue weighted by atomic mass is 16.5. The van der Waals surface area contributed by atoms with E-state index in [0.717, 1.165) is 45.9 Å². The third-order valence-corrected chi connectivity index (χ3v) is 3.80. The molecule has 0 atom stereocenters. The minimum Gasteiger partial charge on any atom is -0.379 e. The molecule has 1 N–H and O–H groups in total. The second-order valence-corrected chi connectivity index (χ2v) is 5.47. The number of carbonyl (C=O) groups excluding carboxylic acids is 1. The van der Waals surface area contributed by atoms with Crippen molar-refractivity contribution in [3.05, 3.63) is 35.4 Å². The van der Waals surface area contributed by atoms with Gasteiger partial charge in [-0.15, -0.1) is 0 Å². The molecule has 0 radical (unpaired) electrons. The average Bonchev–Trinajstić information content (AvgIpc) is 2.54. The Bertz CT molecular complexity index is 441. The average molecular weight is 291 g/mol. The Labute approximate surface area is 126 Å². The highest BCUT2D eigenvalue weighted by molar-refractivity contribution is 5.93. The summed E-state index contributed by atoms with van der Waals surface area (Å²) >= 11 is 0. The summed E-state index contributed by atoms with van der Waals surface area (Å²) in [6.07, 6.45) is 0. The van der Waals surface area contributed by atoms with Crippen molar-refractivity contribution in [1.29, 1.82) is 0 Å². The fourth-order valence-electron chi connectivity index (χ4n) is 2.43. The Morgan fingerprint density at radius 2 is 1.95 bits per heavy atom. The lowest BCUT2D eigenvalue weighted by Gasteiger charge is -2.28. The van der Waals surface area contributed by atoms with E-state index in [1.165, 1.54) is 5.56 Å². The van der Waals surface area contributed by atoms with Gasteiger partial charge in [0.2, 0.25) is 0 Å². The number of hydrogen-bond acceptors (Lipinski definition) is 4. The maximum absolute atomic E-state index is 11.5. The van der Waals surface area contributed by atoms with E-state index in [2.05, 4.69) is 22.2 Å². The van der Waals surface area contributed by atoms with Gasteiger partial charge in [-0.1, -0.05) is 12.1 Å². The smallest absolute Gasteiger partial charge is 0.251 e. The predicted octanol–water partition coefficient (Wildman–Crippen LogP) is 0.810. The molecular formula is C16H25N3O2. The van der Waals surface area contributed by atoms with Gasteiger partial charge >= 0.3 is 0 Å². The summed E-state index contributed by atoms with van der Waals surface area (Å²) < 4.78 is 5.35. The van der Waals surface area contributed by atoms with Crippen molar-refractivity contribution in [2.45, 2.75) is 6.54 Å². The molecule has 0 saturated carbocycles. The molecule has 1 heterocycles. The van der Waals surface area contributed by atoms with Gasteiger partial charge in [-0.2, -0.15) is 0 Å². The number of ether oxygens (including phenoxy) is 1. The van der Waals surface area contributed by atoms with Crippen molar-refractivity contribution in [2.75, 3.05) is 53.5 Å². The summed E-state index contributed by atoms with van der Waals surface area (Å²) in [4.78, 5) is 16.2. The maximum Gasteiger partial charge on any atom is 0.251 e. The van der Waals surface area contributed by atoms with E-state index in [0.29, 0.717) is 5.56 Å². The SMILES string of the molecule is CNC(=O)c1ccc(CN(C)CCN2CCOCC2)cc1. The van der Waals surface area contributed by atoms with Gasteiger partial charge < -0.3 is 15.0 Å². The topological polar surface area (TPSA) is 44.8 Å². The summed E-state index contributed by atoms with van der Waals surface area (Å²) in [5, 5.41) is 2.63. The number of benzene rings is 1. The Morgan fingerprint density at radius 3 is 2.57 bits per heavy atom. The first kappa shape index (κ1) is 15.9. The Morgan fingerprint density at radius 1 is 1.29 bits per heavy atom. The van der Waals surface area contributed by atoms with E-state index in [9.17, 15) is 4.79 Å². The highest BCUT2D eigenvalue weighted by Crippen LogP contribution is 2.07. The minimum absolute atomic E-state index is 0.0396. The third kappa shape index (κ3) is 5.12. The Kier molecular flexibility index (Phi) is 6.17. The number of amides is 1. The van der Waals surface area contributed by atoms with Crippen molar-refractivity contribution in [3.8, 4) is 0 Å². The molecular weight excluding hydrogens is 266 g/mol. The molecule has 5 heteroatoms. The van der Waals surface area contributed by atoms with Crippen LogP contribution in [0.3, 0.4) is 0 Å². The molecule has 0 aromatic heterocycles. The molecule has 116 valence electrons. The summed E-state index contributed by atoms with van der Waals surface area (Å²) in [6.45, 7) is 6.80. The molecule has 1 aromatic carbocycles. The summed E-state index contributed by atoms with van der Waals surface area (Å²) in [6, 6.07) is 7.81. The molecule has 1 aliphatic rings. The van der Waals surface area contributed by atoms with Crippen LogP contribution >= 0.6 is 0 Å². The van der Waals surface area contributed by atoms with E-state index < -0.39 is 0 Å². The van der Waals surface area contributed by atoms with Crippen LogP contribution in [-0.4, -0.2) is 69.2 Å². The molecule has 1 aliphatic heterocycles. The molecule has 2 rings (SSSR count). The second-order valence-electron chi connectivity index (χ2n) is 5.47. The number of rotatable bonds is 6. The Hall–Kier alpha value is -1.43. The van der Waals surface area contributed by atoms with Gasteiger partial charge in [-0.3, -0.25) is 9.69 Å². The van der Waals surface area contributed by atoms with Gasteiger partial charge in [0.25, 0.3) is 5.91 Å². The van der Waals surface area contributed by atoms with Crippen molar-refractivity contribution in [2.24, 2.45) is 0 Å². The predicted molar refractivity (Wildman–Crippen MR) is 83.4 cm³/mol. The lowest BCUT2D eigenvalue weighted by molar-refractivity contribution is 0.0342. The molecule has 5 nitrogen and oxygen atoms in total. The number of likely N-dealkylation sites (N-methyl/N-ethyl adjacent to an activating group) is 1. The maximum atomic E-state index is 11.5. The molecule has 0 bridgehead atoms. The zero-order valence-electron chi connectivity index (χ0n) is 13.0. The van der Waals surface area contributed by atoms with Gasteiger partial charge in [0.15, 0.2) is 0 Å². The van der Waals surface area contributed by atoms with Crippen LogP contribution < -0.4 is 5.32 Å². The fraction of sp³-hybridized carbons (Fsp3) is 0.562. The van der Waals surface area contributed by atoms with Gasteiger partial charge in [0, 0.05) is 45.3 Å². The quantitative estimate of drug-likeness (QED) is 0.842. The van der Waals surface area contributed by atoms with Crippen LogP contribution in [0.2, 0.25) is 0 Å². The summed E-state index contributed by atoms with van der Waals surface area (Å²) in [7, 11) is 3.78. The van der Waals surface area contributed by atoms with E-state index in [1.807, 2.05) is 24.3 Å². The molecule has 0 aliphatic carbocycles. The lowest BCUT2D eigenvalue weighted by atomic mass is 10.1. The number of hydrogen-bond donors (Lipinski definition) is 1. The van der Waals surface area contributed by atoms with Gasteiger partial charge in [0.05, 0.1) is 13.2 Å². The largest absolute Gasteiger partial charge is 0.379 e. The van der Waals surface area contributed by atoms with E-state index >= 15 is 0 Å². The minimum atomic E-state index is -0.0396. The molecule has 1 saturated heterocycles. The summed E-state index contributed by atoms with van der Waals surface area (Å²) in [5.74, 6) is -0.0396. The monoisotopic (exact) mass is 291 g/mol. The fourth-order valence-corrected chi connectivity index (χ4v) is 2.43. The third-order valence-electron chi connectivity index (χ3n) is 3.80. The normalized spacial score (nSPS) is 16.1. The van der Waals surface area contributed by atoms with Crippen LogP contribution in [0.25, 0.3) is 0 Å². The first-order valence-corrected chi connectivity index (χ1v) is 7.48. The van der Waals surface area contributed by atoms with Gasteiger partial charge in [-0.25, -0.2) is 0 Å². The molecule has 21 heavy (non-hydrogen) atoms. The second kappa shape index (κ2) is 8.12. The summed E-state index contributed by atoms with van der Waals surface area (Å²) in [5.41, 5.74) is 1.93. The van der Waals surface area contributed by atoms with Crippen LogP contribution in [0.4, 0.5) is 0 Å². The van der Waals surface area contributed by atoms with Crippen LogP contribution in [-0.2, 0) is 11.3 Å². The molecule has 0 spiro atoms. The van der Waals surface area contributed by atoms with Crippen LogP contribution in [0, 0.1) is 0 Å². The standard InChI is InChI=1S/C16H25N3O2/c1-17-16(20)15-5-3-14(4-6-15)13-18(2)7-8-19-9-11-21-12-10-19/h3-6H,7-13H2,1-2H3,(H,17,20). The molecule has 1 amide bonds. The van der Waals surface area contributed by atoms with E-state index in [-0.39, 0.29) is 5.91 Å². The number of nitrogens with one attached hydrogen (secondary N) is 1. The number of nitrogens with zero attached hydrogens (tertiary/aromatic N) is 2. The van der Waals surface area contributed by atoms with E-state index in [4.69, 9.17) is 4.74 Å². The van der Waals surface area contributed by atoms with E-state index in [1.54, 1.807) is 7.05 Å². The van der Waals surface area contributed by atoms with Gasteiger partial charge in [0.1, 0.15) is 0 Å². The van der Waals surface area contributed by atoms with Crippen molar-refractivity contribution < 1.29 is 9.53 Å². The van der Waals surface area contributed by atoms with Crippen molar-refractivity contribution in [1.82, 2.24) is 15.1 Å². The first-order valence-electron chi connectivity index (χ1n) is 7.48. The Balaban J connectivity index is 1.76. The van der Waals surface area contributed by atoms with Crippen LogP contribution in [0.15, 0.2) is 24.3 Å². The zero-order valence-corrected chi connectivity index (χ0v) is 13.0. The first-order chi connectivity index (χ1) is 10.2. The number of carbonyl (C=O) groups is 1. The van der Waals surface area contributed by atoms with Crippen molar-refractivity contribution in [3.63, 3.8) is 0 Å². The number of morpholine rings is 1. The zero-order chi connectivity index (χ0) is 15.1. The van der Waals surface area contributed by atoms with Crippen LogP contribution in [0.1, 0.15) is 15.9 Å². The molecule has 1 fully saturated rings. The molecule has 0 unspecified atom stereocenters. The van der Waals surface area contributed by atoms with Crippen LogP contribution in [0.5, 0.6) is 0 Å².